The van der Waals surface area contributed by atoms with Crippen molar-refractivity contribution in [1.82, 2.24) is 4.90 Å². The van der Waals surface area contributed by atoms with E-state index in [4.69, 9.17) is 0 Å². The highest BCUT2D eigenvalue weighted by atomic mass is 79.9. The normalized spacial score (nSPS) is 16.1. The van der Waals surface area contributed by atoms with Crippen LogP contribution >= 0.6 is 27.7 Å². The van der Waals surface area contributed by atoms with Gasteiger partial charge in [-0.1, -0.05) is 34.1 Å². The number of amides is 1. The molecular weight excluding hydrogens is 384 g/mol. The Bertz CT molecular complexity index is 670. The lowest BCUT2D eigenvalue weighted by Gasteiger charge is -2.37. The van der Waals surface area contributed by atoms with Crippen molar-refractivity contribution in [2.75, 3.05) is 31.1 Å². The van der Waals surface area contributed by atoms with E-state index in [0.717, 1.165) is 35.5 Å². The zero-order valence-electron chi connectivity index (χ0n) is 13.7. The van der Waals surface area contributed by atoms with Gasteiger partial charge in [0.1, 0.15) is 0 Å². The number of carbonyl (C=O) groups excluding carboxylic acids is 1. The van der Waals surface area contributed by atoms with E-state index in [1.165, 1.54) is 5.69 Å². The molecule has 1 saturated heterocycles. The van der Waals surface area contributed by atoms with Crippen molar-refractivity contribution in [2.24, 2.45) is 0 Å². The van der Waals surface area contributed by atoms with Gasteiger partial charge in [-0.2, -0.15) is 0 Å². The van der Waals surface area contributed by atoms with Crippen molar-refractivity contribution in [1.29, 1.82) is 0 Å². The van der Waals surface area contributed by atoms with Crippen LogP contribution in [0.25, 0.3) is 0 Å². The van der Waals surface area contributed by atoms with Gasteiger partial charge in [0.05, 0.1) is 5.25 Å². The lowest BCUT2D eigenvalue weighted by atomic mass is 10.2. The number of carbonyl (C=O) groups is 1. The van der Waals surface area contributed by atoms with Crippen molar-refractivity contribution in [3.8, 4) is 0 Å². The summed E-state index contributed by atoms with van der Waals surface area (Å²) in [7, 11) is 0. The largest absolute Gasteiger partial charge is 0.368 e. The fourth-order valence-corrected chi connectivity index (χ4v) is 4.06. The van der Waals surface area contributed by atoms with E-state index in [-0.39, 0.29) is 11.2 Å². The molecule has 1 amide bonds. The van der Waals surface area contributed by atoms with Crippen LogP contribution in [-0.2, 0) is 4.79 Å². The third-order valence-electron chi connectivity index (χ3n) is 4.19. The second-order valence-electron chi connectivity index (χ2n) is 5.86. The van der Waals surface area contributed by atoms with Crippen molar-refractivity contribution >= 4 is 39.3 Å². The molecule has 1 unspecified atom stereocenters. The molecule has 1 fully saturated rings. The average Bonchev–Trinajstić information content (AvgIpc) is 2.64. The Balaban J connectivity index is 1.53. The molecule has 0 aromatic heterocycles. The topological polar surface area (TPSA) is 23.6 Å². The Morgan fingerprint density at radius 1 is 1.00 bits per heavy atom. The number of para-hydroxylation sites is 1. The molecule has 0 bridgehead atoms. The number of halogens is 1. The fourth-order valence-electron chi connectivity index (χ4n) is 2.85. The van der Waals surface area contributed by atoms with E-state index in [9.17, 15) is 4.79 Å². The van der Waals surface area contributed by atoms with Crippen LogP contribution < -0.4 is 4.90 Å². The Morgan fingerprint density at radius 3 is 2.25 bits per heavy atom. The zero-order valence-corrected chi connectivity index (χ0v) is 16.1. The first-order valence-electron chi connectivity index (χ1n) is 8.14. The monoisotopic (exact) mass is 404 g/mol. The number of hydrogen-bond donors (Lipinski definition) is 0. The van der Waals surface area contributed by atoms with Crippen molar-refractivity contribution in [3.63, 3.8) is 0 Å². The molecule has 0 spiro atoms. The third-order valence-corrected chi connectivity index (χ3v) is 5.82. The van der Waals surface area contributed by atoms with E-state index >= 15 is 0 Å². The summed E-state index contributed by atoms with van der Waals surface area (Å²) in [6.07, 6.45) is 0. The van der Waals surface area contributed by atoms with Gasteiger partial charge in [0.2, 0.25) is 5.91 Å². The number of thioether (sulfide) groups is 1. The molecule has 0 aliphatic carbocycles. The van der Waals surface area contributed by atoms with Gasteiger partial charge in [-0.05, 0) is 43.3 Å². The summed E-state index contributed by atoms with van der Waals surface area (Å²) in [5.74, 6) is 0.232. The predicted molar refractivity (Wildman–Crippen MR) is 105 cm³/mol. The number of nitrogens with zero attached hydrogens (tertiary/aromatic N) is 2. The average molecular weight is 405 g/mol. The van der Waals surface area contributed by atoms with Crippen LogP contribution in [0.5, 0.6) is 0 Å². The number of rotatable bonds is 4. The Morgan fingerprint density at radius 2 is 1.62 bits per heavy atom. The highest BCUT2D eigenvalue weighted by Gasteiger charge is 2.25. The zero-order chi connectivity index (χ0) is 16.9. The van der Waals surface area contributed by atoms with Gasteiger partial charge in [-0.15, -0.1) is 11.8 Å². The van der Waals surface area contributed by atoms with E-state index in [1.807, 2.05) is 42.2 Å². The standard InChI is InChI=1S/C19H21BrN2OS/c1-15(24-18-9-7-16(20)8-10-18)19(23)22-13-11-21(12-14-22)17-5-3-2-4-6-17/h2-10,15H,11-14H2,1H3. The maximum Gasteiger partial charge on any atom is 0.235 e. The molecule has 1 aliphatic rings. The van der Waals surface area contributed by atoms with Crippen LogP contribution in [0.2, 0.25) is 0 Å². The summed E-state index contributed by atoms with van der Waals surface area (Å²) >= 11 is 5.06. The van der Waals surface area contributed by atoms with E-state index < -0.39 is 0 Å². The summed E-state index contributed by atoms with van der Waals surface area (Å²) in [6.45, 7) is 5.37. The van der Waals surface area contributed by atoms with Gasteiger partial charge in [0.25, 0.3) is 0 Å². The first-order chi connectivity index (χ1) is 11.6. The smallest absolute Gasteiger partial charge is 0.235 e. The van der Waals surface area contributed by atoms with E-state index in [2.05, 4.69) is 45.1 Å². The summed E-state index contributed by atoms with van der Waals surface area (Å²) in [6, 6.07) is 18.5. The molecule has 3 nitrogen and oxygen atoms in total. The van der Waals surface area contributed by atoms with Crippen molar-refractivity contribution < 1.29 is 4.79 Å². The minimum atomic E-state index is -0.0607. The second kappa shape index (κ2) is 8.08. The summed E-state index contributed by atoms with van der Waals surface area (Å²) < 4.78 is 1.06. The predicted octanol–water partition coefficient (Wildman–Crippen LogP) is 4.28. The number of hydrogen-bond acceptors (Lipinski definition) is 3. The Kier molecular flexibility index (Phi) is 5.85. The van der Waals surface area contributed by atoms with Crippen LogP contribution in [0.1, 0.15) is 6.92 Å². The molecule has 3 rings (SSSR count). The minimum Gasteiger partial charge on any atom is -0.368 e. The summed E-state index contributed by atoms with van der Waals surface area (Å²) in [5, 5.41) is -0.0607. The molecule has 1 aliphatic heterocycles. The number of anilines is 1. The highest BCUT2D eigenvalue weighted by Crippen LogP contribution is 2.26. The van der Waals surface area contributed by atoms with Crippen LogP contribution in [0.15, 0.2) is 64.0 Å². The van der Waals surface area contributed by atoms with Crippen molar-refractivity contribution in [2.45, 2.75) is 17.1 Å². The molecule has 24 heavy (non-hydrogen) atoms. The van der Waals surface area contributed by atoms with Gasteiger partial charge in [-0.25, -0.2) is 0 Å². The lowest BCUT2D eigenvalue weighted by Crippen LogP contribution is -2.50. The molecule has 0 N–H and O–H groups in total. The van der Waals surface area contributed by atoms with Gasteiger partial charge in [-0.3, -0.25) is 4.79 Å². The first kappa shape index (κ1) is 17.4. The van der Waals surface area contributed by atoms with Crippen molar-refractivity contribution in [3.05, 3.63) is 59.1 Å². The van der Waals surface area contributed by atoms with Gasteiger partial charge >= 0.3 is 0 Å². The maximum atomic E-state index is 12.7. The molecule has 126 valence electrons. The molecule has 2 aromatic carbocycles. The van der Waals surface area contributed by atoms with Gasteiger partial charge in [0, 0.05) is 41.2 Å². The highest BCUT2D eigenvalue weighted by molar-refractivity contribution is 9.10. The number of piperazine rings is 1. The fraction of sp³-hybridized carbons (Fsp3) is 0.316. The molecular formula is C19H21BrN2OS. The quantitative estimate of drug-likeness (QED) is 0.710. The molecule has 2 aromatic rings. The Hall–Kier alpha value is -1.46. The molecule has 0 radical (unpaired) electrons. The molecule has 1 heterocycles. The molecule has 0 saturated carbocycles. The van der Waals surface area contributed by atoms with E-state index in [1.54, 1.807) is 11.8 Å². The van der Waals surface area contributed by atoms with E-state index in [0.29, 0.717) is 0 Å². The first-order valence-corrected chi connectivity index (χ1v) is 9.82. The molecule has 1 atom stereocenters. The second-order valence-corrected chi connectivity index (χ2v) is 8.19. The SMILES string of the molecule is CC(Sc1ccc(Br)cc1)C(=O)N1CCN(c2ccccc2)CC1. The minimum absolute atomic E-state index is 0.0607. The lowest BCUT2D eigenvalue weighted by molar-refractivity contribution is -0.130. The van der Waals surface area contributed by atoms with Crippen LogP contribution in [0.3, 0.4) is 0 Å². The third kappa shape index (κ3) is 4.33. The van der Waals surface area contributed by atoms with Crippen LogP contribution in [0.4, 0.5) is 5.69 Å². The van der Waals surface area contributed by atoms with Gasteiger partial charge < -0.3 is 9.80 Å². The summed E-state index contributed by atoms with van der Waals surface area (Å²) in [4.78, 5) is 18.2. The van der Waals surface area contributed by atoms with Crippen LogP contribution in [-0.4, -0.2) is 42.2 Å². The molecule has 5 heteroatoms. The number of benzene rings is 2. The van der Waals surface area contributed by atoms with Gasteiger partial charge in [0.15, 0.2) is 0 Å². The Labute approximate surface area is 156 Å². The van der Waals surface area contributed by atoms with Crippen LogP contribution in [0, 0.1) is 0 Å². The maximum absolute atomic E-state index is 12.7. The summed E-state index contributed by atoms with van der Waals surface area (Å²) in [5.41, 5.74) is 1.24.